The number of hydrogen-bond acceptors (Lipinski definition) is 5. The maximum absolute atomic E-state index is 13.1. The Kier molecular flexibility index (Phi) is 6.20. The second kappa shape index (κ2) is 8.45. The molecule has 0 spiro atoms. The molecule has 0 aliphatic carbocycles. The van der Waals surface area contributed by atoms with Gasteiger partial charge in [0.15, 0.2) is 5.76 Å². The zero-order valence-electron chi connectivity index (χ0n) is 16.6. The highest BCUT2D eigenvalue weighted by atomic mass is 32.2. The minimum atomic E-state index is -3.67. The Morgan fingerprint density at radius 2 is 1.79 bits per heavy atom. The summed E-state index contributed by atoms with van der Waals surface area (Å²) in [5, 5.41) is 3.75. The van der Waals surface area contributed by atoms with Crippen molar-refractivity contribution in [3.05, 3.63) is 47.3 Å². The largest absolute Gasteiger partial charge is 0.360 e. The quantitative estimate of drug-likeness (QED) is 0.738. The highest BCUT2D eigenvalue weighted by Gasteiger charge is 2.35. The summed E-state index contributed by atoms with van der Waals surface area (Å²) in [6, 6.07) is 9.79. The first-order valence-electron chi connectivity index (χ1n) is 9.63. The van der Waals surface area contributed by atoms with Gasteiger partial charge in [-0.25, -0.2) is 8.42 Å². The monoisotopic (exact) mass is 405 g/mol. The molecule has 7 nitrogen and oxygen atoms in total. The van der Waals surface area contributed by atoms with Crippen LogP contribution in [0.25, 0.3) is 0 Å². The van der Waals surface area contributed by atoms with Crippen LogP contribution in [0.3, 0.4) is 0 Å². The molecule has 2 aromatic rings. The third-order valence-corrected chi connectivity index (χ3v) is 7.34. The van der Waals surface area contributed by atoms with E-state index in [-0.39, 0.29) is 29.8 Å². The lowest BCUT2D eigenvalue weighted by Gasteiger charge is -2.35. The fourth-order valence-electron chi connectivity index (χ4n) is 3.75. The van der Waals surface area contributed by atoms with E-state index in [0.29, 0.717) is 24.5 Å². The summed E-state index contributed by atoms with van der Waals surface area (Å²) in [6.07, 6.45) is 1.69. The second-order valence-electron chi connectivity index (χ2n) is 7.13. The zero-order valence-corrected chi connectivity index (χ0v) is 17.4. The normalized spacial score (nSPS) is 16.9. The van der Waals surface area contributed by atoms with Gasteiger partial charge in [-0.3, -0.25) is 4.79 Å². The number of aromatic nitrogens is 1. The van der Waals surface area contributed by atoms with Gasteiger partial charge in [0.25, 0.3) is 0 Å². The molecule has 1 atom stereocenters. The lowest BCUT2D eigenvalue weighted by Crippen LogP contribution is -2.51. The lowest BCUT2D eigenvalue weighted by atomic mass is 9.93. The van der Waals surface area contributed by atoms with E-state index in [2.05, 4.69) is 12.1 Å². The number of sulfonamides is 1. The Labute approximate surface area is 166 Å². The number of aryl methyl sites for hydroxylation is 2. The standard InChI is InChI=1S/C20H27N3O4S/c1-4-8-18(17-9-6-5-7-10-17)20(24)22-11-13-23(14-12-22)28(25,26)19-15(2)21-27-16(19)3/h5-7,9-10,18H,4,8,11-14H2,1-3H3/t18-/m0/s1. The summed E-state index contributed by atoms with van der Waals surface area (Å²) in [7, 11) is -3.67. The van der Waals surface area contributed by atoms with Crippen LogP contribution in [0, 0.1) is 13.8 Å². The van der Waals surface area contributed by atoms with Crippen LogP contribution in [0.15, 0.2) is 39.8 Å². The molecule has 1 aliphatic heterocycles. The molecular weight excluding hydrogens is 378 g/mol. The molecule has 1 saturated heterocycles. The van der Waals surface area contributed by atoms with Crippen molar-refractivity contribution in [2.75, 3.05) is 26.2 Å². The van der Waals surface area contributed by atoms with Crippen molar-refractivity contribution >= 4 is 15.9 Å². The molecule has 1 amide bonds. The Morgan fingerprint density at radius 3 is 2.32 bits per heavy atom. The highest BCUT2D eigenvalue weighted by Crippen LogP contribution is 2.27. The average Bonchev–Trinajstić information content (AvgIpc) is 3.05. The molecule has 3 rings (SSSR count). The van der Waals surface area contributed by atoms with E-state index in [4.69, 9.17) is 4.52 Å². The van der Waals surface area contributed by atoms with E-state index < -0.39 is 10.0 Å². The molecule has 28 heavy (non-hydrogen) atoms. The fourth-order valence-corrected chi connectivity index (χ4v) is 5.46. The molecular formula is C20H27N3O4S. The first-order valence-corrected chi connectivity index (χ1v) is 11.1. The van der Waals surface area contributed by atoms with E-state index in [1.54, 1.807) is 18.7 Å². The molecule has 0 saturated carbocycles. The molecule has 0 radical (unpaired) electrons. The third kappa shape index (κ3) is 3.98. The Morgan fingerprint density at radius 1 is 1.14 bits per heavy atom. The van der Waals surface area contributed by atoms with E-state index >= 15 is 0 Å². The van der Waals surface area contributed by atoms with Gasteiger partial charge in [-0.05, 0) is 25.8 Å². The average molecular weight is 406 g/mol. The molecule has 1 aliphatic rings. The second-order valence-corrected chi connectivity index (χ2v) is 9.01. The SMILES string of the molecule is CCC[C@H](C(=O)N1CCN(S(=O)(=O)c2c(C)noc2C)CC1)c1ccccc1. The van der Waals surface area contributed by atoms with Gasteiger partial charge < -0.3 is 9.42 Å². The number of carbonyl (C=O) groups is 1. The van der Waals surface area contributed by atoms with E-state index in [1.807, 2.05) is 30.3 Å². The molecule has 1 aromatic heterocycles. The summed E-state index contributed by atoms with van der Waals surface area (Å²) in [6.45, 7) is 6.60. The van der Waals surface area contributed by atoms with Gasteiger partial charge in [0.2, 0.25) is 15.9 Å². The smallest absolute Gasteiger partial charge is 0.248 e. The van der Waals surface area contributed by atoms with Gasteiger partial charge in [0, 0.05) is 26.2 Å². The Bertz CT molecular complexity index is 897. The number of rotatable bonds is 6. The first-order chi connectivity index (χ1) is 13.4. The van der Waals surface area contributed by atoms with Gasteiger partial charge in [0.1, 0.15) is 10.6 Å². The van der Waals surface area contributed by atoms with Gasteiger partial charge in [-0.2, -0.15) is 4.31 Å². The van der Waals surface area contributed by atoms with Crippen molar-refractivity contribution in [3.63, 3.8) is 0 Å². The molecule has 1 aromatic carbocycles. The summed E-state index contributed by atoms with van der Waals surface area (Å²) in [5.74, 6) is 0.183. The number of amides is 1. The summed E-state index contributed by atoms with van der Waals surface area (Å²) < 4.78 is 32.3. The fraction of sp³-hybridized carbons (Fsp3) is 0.500. The number of benzene rings is 1. The highest BCUT2D eigenvalue weighted by molar-refractivity contribution is 7.89. The molecule has 0 bridgehead atoms. The zero-order chi connectivity index (χ0) is 20.3. The van der Waals surface area contributed by atoms with E-state index in [1.165, 1.54) is 4.31 Å². The lowest BCUT2D eigenvalue weighted by molar-refractivity contribution is -0.134. The van der Waals surface area contributed by atoms with Crippen molar-refractivity contribution in [2.24, 2.45) is 0 Å². The summed E-state index contributed by atoms with van der Waals surface area (Å²) in [5.41, 5.74) is 1.38. The molecule has 0 N–H and O–H groups in total. The number of piperazine rings is 1. The van der Waals surface area contributed by atoms with Crippen molar-refractivity contribution in [3.8, 4) is 0 Å². The van der Waals surface area contributed by atoms with Crippen molar-refractivity contribution < 1.29 is 17.7 Å². The van der Waals surface area contributed by atoms with Gasteiger partial charge in [-0.15, -0.1) is 0 Å². The maximum Gasteiger partial charge on any atom is 0.248 e. The number of hydrogen-bond donors (Lipinski definition) is 0. The maximum atomic E-state index is 13.1. The van der Waals surface area contributed by atoms with Crippen LogP contribution in [0.4, 0.5) is 0 Å². The number of carbonyl (C=O) groups excluding carboxylic acids is 1. The minimum Gasteiger partial charge on any atom is -0.360 e. The van der Waals surface area contributed by atoms with Gasteiger partial charge in [-0.1, -0.05) is 48.8 Å². The summed E-state index contributed by atoms with van der Waals surface area (Å²) >= 11 is 0. The molecule has 0 unspecified atom stereocenters. The van der Waals surface area contributed by atoms with Crippen LogP contribution in [0.1, 0.15) is 42.7 Å². The van der Waals surface area contributed by atoms with Crippen molar-refractivity contribution in [1.29, 1.82) is 0 Å². The van der Waals surface area contributed by atoms with Crippen LogP contribution < -0.4 is 0 Å². The Balaban J connectivity index is 1.71. The topological polar surface area (TPSA) is 83.7 Å². The van der Waals surface area contributed by atoms with Gasteiger partial charge >= 0.3 is 0 Å². The van der Waals surface area contributed by atoms with Gasteiger partial charge in [0.05, 0.1) is 5.92 Å². The van der Waals surface area contributed by atoms with Crippen LogP contribution >= 0.6 is 0 Å². The van der Waals surface area contributed by atoms with Crippen molar-refractivity contribution in [2.45, 2.75) is 44.4 Å². The van der Waals surface area contributed by atoms with E-state index in [9.17, 15) is 13.2 Å². The molecule has 8 heteroatoms. The summed E-state index contributed by atoms with van der Waals surface area (Å²) in [4.78, 5) is 15.0. The molecule has 152 valence electrons. The predicted octanol–water partition coefficient (Wildman–Crippen LogP) is 2.71. The van der Waals surface area contributed by atoms with Crippen molar-refractivity contribution in [1.82, 2.24) is 14.4 Å². The minimum absolute atomic E-state index is 0.0717. The predicted molar refractivity (Wildman–Crippen MR) is 105 cm³/mol. The Hall–Kier alpha value is -2.19. The first kappa shape index (κ1) is 20.5. The number of nitrogens with zero attached hydrogens (tertiary/aromatic N) is 3. The molecule has 2 heterocycles. The van der Waals surface area contributed by atoms with E-state index in [0.717, 1.165) is 18.4 Å². The van der Waals surface area contributed by atoms with Crippen LogP contribution in [-0.2, 0) is 14.8 Å². The molecule has 1 fully saturated rings. The van der Waals surface area contributed by atoms with Crippen LogP contribution in [0.5, 0.6) is 0 Å². The van der Waals surface area contributed by atoms with Crippen LogP contribution in [-0.4, -0.2) is 54.9 Å². The third-order valence-electron chi connectivity index (χ3n) is 5.19. The van der Waals surface area contributed by atoms with Crippen LogP contribution in [0.2, 0.25) is 0 Å².